The lowest BCUT2D eigenvalue weighted by Crippen LogP contribution is -2.31. The summed E-state index contributed by atoms with van der Waals surface area (Å²) in [5.74, 6) is 0.211. The maximum absolute atomic E-state index is 12.8. The maximum atomic E-state index is 12.8. The summed E-state index contributed by atoms with van der Waals surface area (Å²) >= 11 is 0. The topological polar surface area (TPSA) is 84.5 Å². The molecule has 2 N–H and O–H groups in total. The molecule has 0 radical (unpaired) electrons. The fourth-order valence-electron chi connectivity index (χ4n) is 3.92. The summed E-state index contributed by atoms with van der Waals surface area (Å²) in [4.78, 5) is 12.6. The van der Waals surface area contributed by atoms with Gasteiger partial charge in [-0.25, -0.2) is 8.42 Å². The molecule has 0 saturated heterocycles. The van der Waals surface area contributed by atoms with Crippen LogP contribution >= 0.6 is 0 Å². The minimum absolute atomic E-state index is 0.129. The fraction of sp³-hybridized carbons (Fsp3) is 0.321. The summed E-state index contributed by atoms with van der Waals surface area (Å²) in [5.41, 5.74) is 7.83. The summed E-state index contributed by atoms with van der Waals surface area (Å²) in [6.45, 7) is 13.6. The maximum Gasteiger partial charge on any atom is 0.261 e. The van der Waals surface area contributed by atoms with E-state index >= 15 is 0 Å². The van der Waals surface area contributed by atoms with E-state index in [2.05, 4.69) is 36.0 Å². The zero-order valence-electron chi connectivity index (χ0n) is 21.4. The number of nitrogens with one attached hydrogen (secondary N) is 2. The molecule has 0 unspecified atom stereocenters. The first-order chi connectivity index (χ1) is 16.4. The Kier molecular flexibility index (Phi) is 7.90. The summed E-state index contributed by atoms with van der Waals surface area (Å²) in [7, 11) is -3.76. The Hall–Kier alpha value is -3.32. The highest BCUT2D eigenvalue weighted by Crippen LogP contribution is 2.25. The molecular weight excluding hydrogens is 460 g/mol. The van der Waals surface area contributed by atoms with Gasteiger partial charge >= 0.3 is 0 Å². The first-order valence-electron chi connectivity index (χ1n) is 11.6. The van der Waals surface area contributed by atoms with Gasteiger partial charge in [0.25, 0.3) is 15.9 Å². The smallest absolute Gasteiger partial charge is 0.261 e. The summed E-state index contributed by atoms with van der Waals surface area (Å²) in [5, 5.41) is 2.97. The van der Waals surface area contributed by atoms with Crippen molar-refractivity contribution in [1.82, 2.24) is 5.32 Å². The molecule has 35 heavy (non-hydrogen) atoms. The number of sulfonamides is 1. The minimum Gasteiger partial charge on any atom is -0.484 e. The molecule has 0 aromatic heterocycles. The summed E-state index contributed by atoms with van der Waals surface area (Å²) in [6, 6.07) is 14.1. The molecule has 0 heterocycles. The highest BCUT2D eigenvalue weighted by atomic mass is 32.2. The van der Waals surface area contributed by atoms with Gasteiger partial charge in [-0.15, -0.1) is 0 Å². The monoisotopic (exact) mass is 494 g/mol. The van der Waals surface area contributed by atoms with Crippen molar-refractivity contribution in [2.24, 2.45) is 0 Å². The zero-order chi connectivity index (χ0) is 25.9. The molecule has 3 rings (SSSR count). The van der Waals surface area contributed by atoms with Gasteiger partial charge in [0.2, 0.25) is 0 Å². The SMILES string of the molecule is Cc1ccc(NS(=O)(=O)c2ccc(OCC(=O)N[C@@H](C)c3cc(C)c(C)cc3C)c(C)c2)cc1C. The van der Waals surface area contributed by atoms with Crippen LogP contribution in [0.15, 0.2) is 53.4 Å². The van der Waals surface area contributed by atoms with E-state index < -0.39 is 10.0 Å². The highest BCUT2D eigenvalue weighted by Gasteiger charge is 2.17. The van der Waals surface area contributed by atoms with Crippen LogP contribution in [0, 0.1) is 41.5 Å². The molecule has 0 aliphatic carbocycles. The molecule has 0 aliphatic heterocycles. The van der Waals surface area contributed by atoms with Crippen molar-refractivity contribution in [3.63, 3.8) is 0 Å². The number of ether oxygens (including phenoxy) is 1. The van der Waals surface area contributed by atoms with E-state index in [0.717, 1.165) is 22.3 Å². The molecule has 3 aromatic carbocycles. The van der Waals surface area contributed by atoms with Gasteiger partial charge in [0.15, 0.2) is 6.61 Å². The third kappa shape index (κ3) is 6.42. The van der Waals surface area contributed by atoms with Crippen molar-refractivity contribution in [2.75, 3.05) is 11.3 Å². The molecule has 186 valence electrons. The highest BCUT2D eigenvalue weighted by molar-refractivity contribution is 7.92. The van der Waals surface area contributed by atoms with E-state index in [1.54, 1.807) is 25.1 Å². The van der Waals surface area contributed by atoms with Gasteiger partial charge in [-0.05, 0) is 118 Å². The molecule has 7 heteroatoms. The largest absolute Gasteiger partial charge is 0.484 e. The molecular formula is C28H34N2O4S. The van der Waals surface area contributed by atoms with Crippen LogP contribution in [0.2, 0.25) is 0 Å². The molecule has 0 aliphatic rings. The molecule has 0 saturated carbocycles. The van der Waals surface area contributed by atoms with Gasteiger partial charge in [-0.2, -0.15) is 0 Å². The van der Waals surface area contributed by atoms with Crippen LogP contribution in [-0.2, 0) is 14.8 Å². The van der Waals surface area contributed by atoms with Crippen LogP contribution in [0.3, 0.4) is 0 Å². The zero-order valence-corrected chi connectivity index (χ0v) is 22.3. The Balaban J connectivity index is 1.64. The number of amides is 1. The van der Waals surface area contributed by atoms with Crippen LogP contribution in [0.4, 0.5) is 5.69 Å². The number of hydrogen-bond acceptors (Lipinski definition) is 4. The second-order valence-corrected chi connectivity index (χ2v) is 10.9. The minimum atomic E-state index is -3.76. The second-order valence-electron chi connectivity index (χ2n) is 9.20. The Morgan fingerprint density at radius 2 is 1.46 bits per heavy atom. The molecule has 1 atom stereocenters. The van der Waals surface area contributed by atoms with Crippen molar-refractivity contribution in [3.8, 4) is 5.75 Å². The Morgan fingerprint density at radius 1 is 0.800 bits per heavy atom. The number of aryl methyl sites for hydroxylation is 6. The quantitative estimate of drug-likeness (QED) is 0.427. The predicted molar refractivity (Wildman–Crippen MR) is 141 cm³/mol. The van der Waals surface area contributed by atoms with Crippen LogP contribution in [0.1, 0.15) is 51.9 Å². The van der Waals surface area contributed by atoms with Crippen LogP contribution < -0.4 is 14.8 Å². The lowest BCUT2D eigenvalue weighted by Gasteiger charge is -2.19. The Morgan fingerprint density at radius 3 is 2.11 bits per heavy atom. The molecule has 6 nitrogen and oxygen atoms in total. The number of hydrogen-bond donors (Lipinski definition) is 2. The third-order valence-corrected chi connectivity index (χ3v) is 7.68. The van der Waals surface area contributed by atoms with Crippen LogP contribution in [-0.4, -0.2) is 20.9 Å². The molecule has 0 fully saturated rings. The number of carbonyl (C=O) groups is 1. The number of rotatable bonds is 8. The van der Waals surface area contributed by atoms with Crippen molar-refractivity contribution < 1.29 is 17.9 Å². The summed E-state index contributed by atoms with van der Waals surface area (Å²) in [6.07, 6.45) is 0. The standard InChI is InChI=1S/C28H34N2O4S/c1-17-8-9-24(13-19(17)3)30-35(32,33)25-10-11-27(22(6)14-25)34-16-28(31)29-23(7)26-15-20(4)18(2)12-21(26)5/h8-15,23,30H,16H2,1-7H3,(H,29,31)/t23-/m0/s1. The van der Waals surface area contributed by atoms with Gasteiger partial charge in [-0.3, -0.25) is 9.52 Å². The van der Waals surface area contributed by atoms with Gasteiger partial charge in [0, 0.05) is 5.69 Å². The average Bonchev–Trinajstić information content (AvgIpc) is 2.77. The first kappa shape index (κ1) is 26.3. The third-order valence-electron chi connectivity index (χ3n) is 6.30. The Labute approximate surface area is 208 Å². The van der Waals surface area contributed by atoms with E-state index in [0.29, 0.717) is 17.0 Å². The molecule has 1 amide bonds. The Bertz CT molecular complexity index is 1360. The summed E-state index contributed by atoms with van der Waals surface area (Å²) < 4.78 is 34.0. The normalized spacial score (nSPS) is 12.2. The number of benzene rings is 3. The van der Waals surface area contributed by atoms with E-state index in [9.17, 15) is 13.2 Å². The predicted octanol–water partition coefficient (Wildman–Crippen LogP) is 5.59. The van der Waals surface area contributed by atoms with Crippen molar-refractivity contribution >= 4 is 21.6 Å². The van der Waals surface area contributed by atoms with Crippen molar-refractivity contribution in [3.05, 3.63) is 87.5 Å². The van der Waals surface area contributed by atoms with Crippen molar-refractivity contribution in [1.29, 1.82) is 0 Å². The van der Waals surface area contributed by atoms with E-state index in [1.165, 1.54) is 23.3 Å². The fourth-order valence-corrected chi connectivity index (χ4v) is 5.06. The number of anilines is 1. The number of carbonyl (C=O) groups excluding carboxylic acids is 1. The average molecular weight is 495 g/mol. The van der Waals surface area contributed by atoms with Crippen LogP contribution in [0.25, 0.3) is 0 Å². The lowest BCUT2D eigenvalue weighted by atomic mass is 9.96. The first-order valence-corrected chi connectivity index (χ1v) is 13.1. The van der Waals surface area contributed by atoms with E-state index in [-0.39, 0.29) is 23.5 Å². The van der Waals surface area contributed by atoms with Gasteiger partial charge in [0.05, 0.1) is 10.9 Å². The van der Waals surface area contributed by atoms with E-state index in [4.69, 9.17) is 4.74 Å². The van der Waals surface area contributed by atoms with Gasteiger partial charge in [0.1, 0.15) is 5.75 Å². The van der Waals surface area contributed by atoms with E-state index in [1.807, 2.05) is 33.8 Å². The van der Waals surface area contributed by atoms with Gasteiger partial charge < -0.3 is 10.1 Å². The molecule has 0 spiro atoms. The van der Waals surface area contributed by atoms with Gasteiger partial charge in [-0.1, -0.05) is 18.2 Å². The lowest BCUT2D eigenvalue weighted by molar-refractivity contribution is -0.123. The molecule has 3 aromatic rings. The van der Waals surface area contributed by atoms with Crippen molar-refractivity contribution in [2.45, 2.75) is 59.4 Å². The molecule has 0 bridgehead atoms. The second kappa shape index (κ2) is 10.5. The van der Waals surface area contributed by atoms with Crippen LogP contribution in [0.5, 0.6) is 5.75 Å².